The molecule has 3 aromatic rings. The first-order valence-electron chi connectivity index (χ1n) is 10.1. The fourth-order valence-corrected chi connectivity index (χ4v) is 3.87. The number of ether oxygens (including phenoxy) is 2. The summed E-state index contributed by atoms with van der Waals surface area (Å²) in [4.78, 5) is 6.70. The van der Waals surface area contributed by atoms with E-state index in [0.29, 0.717) is 24.7 Å². The molecule has 0 atom stereocenters. The average Bonchev–Trinajstić information content (AvgIpc) is 2.79. The Balaban J connectivity index is 1.66. The van der Waals surface area contributed by atoms with Crippen molar-refractivity contribution < 1.29 is 9.47 Å². The summed E-state index contributed by atoms with van der Waals surface area (Å²) in [5.41, 5.74) is 3.56. The molecule has 0 unspecified atom stereocenters. The van der Waals surface area contributed by atoms with Gasteiger partial charge in [0, 0.05) is 37.6 Å². The third kappa shape index (κ3) is 4.18. The minimum Gasteiger partial charge on any atom is -0.474 e. The van der Waals surface area contributed by atoms with Crippen LogP contribution in [0.2, 0.25) is 0 Å². The highest BCUT2D eigenvalue weighted by molar-refractivity contribution is 5.90. The van der Waals surface area contributed by atoms with Crippen molar-refractivity contribution in [3.63, 3.8) is 0 Å². The second kappa shape index (κ2) is 8.93. The molecule has 0 spiro atoms. The molecular weight excluding hydrogens is 362 g/mol. The van der Waals surface area contributed by atoms with Gasteiger partial charge in [-0.3, -0.25) is 0 Å². The minimum atomic E-state index is 0.350. The first kappa shape index (κ1) is 19.2. The highest BCUT2D eigenvalue weighted by Gasteiger charge is 2.14. The molecule has 4 rings (SSSR count). The van der Waals surface area contributed by atoms with E-state index in [9.17, 15) is 5.26 Å². The zero-order valence-electron chi connectivity index (χ0n) is 16.7. The van der Waals surface area contributed by atoms with Crippen LogP contribution in [0.5, 0.6) is 5.88 Å². The van der Waals surface area contributed by atoms with Gasteiger partial charge in [-0.15, -0.1) is 0 Å². The summed E-state index contributed by atoms with van der Waals surface area (Å²) in [6.45, 7) is 3.08. The van der Waals surface area contributed by atoms with Crippen LogP contribution in [0.3, 0.4) is 0 Å². The number of hydrogen-bond acceptors (Lipinski definition) is 5. The summed E-state index contributed by atoms with van der Waals surface area (Å²) in [6, 6.07) is 17.1. The topological polar surface area (TPSA) is 58.4 Å². The van der Waals surface area contributed by atoms with Gasteiger partial charge in [0.05, 0.1) is 6.61 Å². The lowest BCUT2D eigenvalue weighted by molar-refractivity contribution is 0.143. The SMILES string of the molecule is COCCOc1nccc(-c2ccc3cc(N4CCCCC4)ccc3c2)c1C#N. The second-order valence-electron chi connectivity index (χ2n) is 7.29. The van der Waals surface area contributed by atoms with Crippen LogP contribution in [0.15, 0.2) is 48.7 Å². The maximum Gasteiger partial charge on any atom is 0.232 e. The molecular formula is C24H25N3O2. The summed E-state index contributed by atoms with van der Waals surface area (Å²) >= 11 is 0. The van der Waals surface area contributed by atoms with Crippen molar-refractivity contribution in [2.24, 2.45) is 0 Å². The van der Waals surface area contributed by atoms with E-state index in [-0.39, 0.29) is 0 Å². The predicted octanol–water partition coefficient (Wildman–Crippen LogP) is 4.79. The van der Waals surface area contributed by atoms with Gasteiger partial charge in [-0.1, -0.05) is 18.2 Å². The van der Waals surface area contributed by atoms with E-state index in [1.807, 2.05) is 6.07 Å². The van der Waals surface area contributed by atoms with Crippen LogP contribution in [0.25, 0.3) is 21.9 Å². The molecule has 5 nitrogen and oxygen atoms in total. The Morgan fingerprint density at radius 3 is 2.59 bits per heavy atom. The number of pyridine rings is 1. The largest absolute Gasteiger partial charge is 0.474 e. The summed E-state index contributed by atoms with van der Waals surface area (Å²) in [7, 11) is 1.62. The van der Waals surface area contributed by atoms with Crippen LogP contribution in [-0.2, 0) is 4.74 Å². The Bertz CT molecular complexity index is 1040. The number of nitrogens with zero attached hydrogens (tertiary/aromatic N) is 3. The van der Waals surface area contributed by atoms with Crippen molar-refractivity contribution in [1.29, 1.82) is 5.26 Å². The number of benzene rings is 2. The molecule has 0 aliphatic carbocycles. The monoisotopic (exact) mass is 387 g/mol. The summed E-state index contributed by atoms with van der Waals surface area (Å²) in [5.74, 6) is 0.350. The molecule has 0 N–H and O–H groups in total. The number of methoxy groups -OCH3 is 1. The number of nitriles is 1. The average molecular weight is 387 g/mol. The van der Waals surface area contributed by atoms with Crippen molar-refractivity contribution in [3.8, 4) is 23.1 Å². The number of aromatic nitrogens is 1. The molecule has 29 heavy (non-hydrogen) atoms. The smallest absolute Gasteiger partial charge is 0.232 e. The lowest BCUT2D eigenvalue weighted by Gasteiger charge is -2.29. The van der Waals surface area contributed by atoms with Gasteiger partial charge in [0.15, 0.2) is 0 Å². The molecule has 0 saturated carbocycles. The van der Waals surface area contributed by atoms with Gasteiger partial charge in [0.2, 0.25) is 5.88 Å². The fourth-order valence-electron chi connectivity index (χ4n) is 3.87. The maximum atomic E-state index is 9.70. The number of hydrogen-bond donors (Lipinski definition) is 0. The van der Waals surface area contributed by atoms with Crippen LogP contribution < -0.4 is 9.64 Å². The molecule has 1 saturated heterocycles. The number of fused-ring (bicyclic) bond motifs is 1. The Labute approximate surface area is 171 Å². The Morgan fingerprint density at radius 2 is 1.79 bits per heavy atom. The zero-order valence-corrected chi connectivity index (χ0v) is 16.7. The van der Waals surface area contributed by atoms with E-state index in [4.69, 9.17) is 9.47 Å². The first-order valence-corrected chi connectivity index (χ1v) is 10.1. The Hall–Kier alpha value is -3.10. The quantitative estimate of drug-likeness (QED) is 0.569. The Kier molecular flexibility index (Phi) is 5.92. The van der Waals surface area contributed by atoms with E-state index in [1.165, 1.54) is 30.3 Å². The number of rotatable bonds is 6. The molecule has 2 aromatic carbocycles. The van der Waals surface area contributed by atoms with Crippen molar-refractivity contribution >= 4 is 16.5 Å². The molecule has 148 valence electrons. The number of piperidine rings is 1. The van der Waals surface area contributed by atoms with E-state index >= 15 is 0 Å². The van der Waals surface area contributed by atoms with Crippen LogP contribution >= 0.6 is 0 Å². The Morgan fingerprint density at radius 1 is 1.00 bits per heavy atom. The van der Waals surface area contributed by atoms with Gasteiger partial charge in [-0.25, -0.2) is 4.98 Å². The lowest BCUT2D eigenvalue weighted by atomic mass is 9.98. The molecule has 1 fully saturated rings. The molecule has 0 bridgehead atoms. The molecule has 5 heteroatoms. The van der Waals surface area contributed by atoms with Crippen LogP contribution in [0.4, 0.5) is 5.69 Å². The van der Waals surface area contributed by atoms with Gasteiger partial charge in [0.25, 0.3) is 0 Å². The fraction of sp³-hybridized carbons (Fsp3) is 0.333. The highest BCUT2D eigenvalue weighted by atomic mass is 16.5. The van der Waals surface area contributed by atoms with Gasteiger partial charge < -0.3 is 14.4 Å². The van der Waals surface area contributed by atoms with Crippen molar-refractivity contribution in [2.45, 2.75) is 19.3 Å². The van der Waals surface area contributed by atoms with Crippen LogP contribution in [0, 0.1) is 11.3 Å². The van der Waals surface area contributed by atoms with E-state index in [0.717, 1.165) is 29.6 Å². The van der Waals surface area contributed by atoms with Crippen molar-refractivity contribution in [3.05, 3.63) is 54.2 Å². The lowest BCUT2D eigenvalue weighted by Crippen LogP contribution is -2.29. The second-order valence-corrected chi connectivity index (χ2v) is 7.29. The van der Waals surface area contributed by atoms with Crippen molar-refractivity contribution in [1.82, 2.24) is 4.98 Å². The van der Waals surface area contributed by atoms with Crippen molar-refractivity contribution in [2.75, 3.05) is 38.3 Å². The third-order valence-corrected chi connectivity index (χ3v) is 5.41. The van der Waals surface area contributed by atoms with Crippen LogP contribution in [0.1, 0.15) is 24.8 Å². The summed E-state index contributed by atoms with van der Waals surface area (Å²) < 4.78 is 10.7. The number of anilines is 1. The first-order chi connectivity index (χ1) is 14.3. The minimum absolute atomic E-state index is 0.350. The normalized spacial score (nSPS) is 14.0. The van der Waals surface area contributed by atoms with E-state index in [2.05, 4.69) is 52.4 Å². The van der Waals surface area contributed by atoms with Gasteiger partial charge >= 0.3 is 0 Å². The van der Waals surface area contributed by atoms with Gasteiger partial charge in [0.1, 0.15) is 18.2 Å². The standard InChI is InChI=1S/C24H25N3O2/c1-28-13-14-29-24-23(17-25)22(9-10-26-24)20-6-5-19-16-21(8-7-18(19)15-20)27-11-3-2-4-12-27/h5-10,15-16H,2-4,11-14H2,1H3. The third-order valence-electron chi connectivity index (χ3n) is 5.41. The van der Waals surface area contributed by atoms with Gasteiger partial charge in [-0.05, 0) is 59.9 Å². The summed E-state index contributed by atoms with van der Waals surface area (Å²) in [6.07, 6.45) is 5.55. The zero-order chi connectivity index (χ0) is 20.1. The predicted molar refractivity (Wildman–Crippen MR) is 115 cm³/mol. The molecule has 1 aliphatic heterocycles. The van der Waals surface area contributed by atoms with E-state index < -0.39 is 0 Å². The van der Waals surface area contributed by atoms with Crippen LogP contribution in [-0.4, -0.2) is 38.4 Å². The molecule has 1 aliphatic rings. The summed E-state index contributed by atoms with van der Waals surface area (Å²) in [5, 5.41) is 12.1. The molecule has 2 heterocycles. The maximum absolute atomic E-state index is 9.70. The molecule has 0 amide bonds. The molecule has 1 aromatic heterocycles. The highest BCUT2D eigenvalue weighted by Crippen LogP contribution is 2.32. The molecule has 0 radical (unpaired) electrons. The van der Waals surface area contributed by atoms with Gasteiger partial charge in [-0.2, -0.15) is 5.26 Å². The van der Waals surface area contributed by atoms with E-state index in [1.54, 1.807) is 13.3 Å².